The number of halogens is 2. The number of carbonyl (C=O) groups is 4. The first-order valence-corrected chi connectivity index (χ1v) is 41.6. The van der Waals surface area contributed by atoms with E-state index in [0.717, 1.165) is 58.0 Å². The van der Waals surface area contributed by atoms with E-state index in [1.165, 1.54) is 47.4 Å². The molecule has 2 unspecified atom stereocenters. The van der Waals surface area contributed by atoms with Gasteiger partial charge in [0.25, 0.3) is 16.6 Å². The normalized spacial score (nSPS) is 14.2. The SMILES string of the molecule is COC(=O)c1ccc(CC(=O)C[C@@](C)(c2ccc(CCC(C)(C)C)c(Cl)c2)C(CO[Si](c2ccccc2)(c2ccccc2)C(C)(C)C)C(C)C)nc1.COC(=O)c1ccc(CC(=O)C[C@@](C)(c2ccc(CCC(C)(C)C)c(Cl)c2)C(CO[Si](c2ccccc2)(c2ccccc2)C(C)(C)C)C(C)C)nc1. The minimum atomic E-state index is -2.86. The van der Waals surface area contributed by atoms with Gasteiger partial charge in [0.2, 0.25) is 0 Å². The van der Waals surface area contributed by atoms with Gasteiger partial charge in [-0.3, -0.25) is 19.6 Å². The fraction of sp³-hybridized carbons (Fsp3) is 0.444. The van der Waals surface area contributed by atoms with Crippen LogP contribution in [-0.4, -0.2) is 77.5 Å². The quantitative estimate of drug-likeness (QED) is 0.0317. The molecule has 6 aromatic carbocycles. The second-order valence-corrected chi connectivity index (χ2v) is 43.5. The Morgan fingerprint density at radius 3 is 0.942 bits per heavy atom. The number of aromatic nitrogens is 2. The summed E-state index contributed by atoms with van der Waals surface area (Å²) in [6.45, 7) is 41.5. The van der Waals surface area contributed by atoms with E-state index in [1.54, 1.807) is 24.3 Å². The minimum absolute atomic E-state index is 0.0377. The van der Waals surface area contributed by atoms with Crippen LogP contribution in [0.15, 0.2) is 194 Å². The number of hydrogen-bond donors (Lipinski definition) is 0. The summed E-state index contributed by atoms with van der Waals surface area (Å²) in [5.74, 6) is -0.522. The lowest BCUT2D eigenvalue weighted by Gasteiger charge is -2.47. The Labute approximate surface area is 635 Å². The van der Waals surface area contributed by atoms with Crippen LogP contribution in [0.25, 0.3) is 0 Å². The van der Waals surface area contributed by atoms with Crippen molar-refractivity contribution in [1.82, 2.24) is 9.97 Å². The number of methoxy groups -OCH3 is 2. The molecule has 0 radical (unpaired) electrons. The molecular formula is C90H116Cl2N2O8Si2. The van der Waals surface area contributed by atoms with E-state index >= 15 is 0 Å². The van der Waals surface area contributed by atoms with Crippen LogP contribution in [0.3, 0.4) is 0 Å². The summed E-state index contributed by atoms with van der Waals surface area (Å²) < 4.78 is 24.8. The number of aryl methyl sites for hydroxylation is 2. The molecule has 4 atom stereocenters. The summed E-state index contributed by atoms with van der Waals surface area (Å²) >= 11 is 14.2. The molecule has 104 heavy (non-hydrogen) atoms. The molecule has 14 heteroatoms. The van der Waals surface area contributed by atoms with Gasteiger partial charge in [0.15, 0.2) is 0 Å². The molecule has 8 rings (SSSR count). The first kappa shape index (κ1) is 84.1. The fourth-order valence-electron chi connectivity index (χ4n) is 15.2. The van der Waals surface area contributed by atoms with E-state index in [2.05, 4.69) is 292 Å². The highest BCUT2D eigenvalue weighted by Crippen LogP contribution is 2.47. The number of ketones is 2. The lowest BCUT2D eigenvalue weighted by Crippen LogP contribution is -2.67. The number of carbonyl (C=O) groups excluding carboxylic acids is 4. The molecule has 0 aliphatic heterocycles. The average Bonchev–Trinajstić information content (AvgIpc) is 0.748. The second-order valence-electron chi connectivity index (χ2n) is 34.1. The van der Waals surface area contributed by atoms with Gasteiger partial charge in [-0.1, -0.05) is 293 Å². The van der Waals surface area contributed by atoms with E-state index in [4.69, 9.17) is 41.5 Å². The summed E-state index contributed by atoms with van der Waals surface area (Å²) in [6.07, 6.45) is 7.59. The fourth-order valence-corrected chi connectivity index (χ4v) is 24.9. The third-order valence-electron chi connectivity index (χ3n) is 21.1. The van der Waals surface area contributed by atoms with Gasteiger partial charge in [-0.2, -0.15) is 0 Å². The Morgan fingerprint density at radius 2 is 0.712 bits per heavy atom. The number of ether oxygens (including phenoxy) is 2. The molecule has 0 bridgehead atoms. The van der Waals surface area contributed by atoms with Crippen LogP contribution in [0.4, 0.5) is 0 Å². The summed E-state index contributed by atoms with van der Waals surface area (Å²) in [7, 11) is -3.05. The van der Waals surface area contributed by atoms with Gasteiger partial charge in [-0.05, 0) is 150 Å². The molecule has 0 N–H and O–H groups in total. The van der Waals surface area contributed by atoms with Gasteiger partial charge in [0.05, 0.1) is 25.3 Å². The molecule has 2 aromatic heterocycles. The Bertz CT molecular complexity index is 3740. The van der Waals surface area contributed by atoms with Crippen LogP contribution < -0.4 is 20.7 Å². The highest BCUT2D eigenvalue weighted by atomic mass is 35.5. The van der Waals surface area contributed by atoms with Crippen molar-refractivity contribution in [2.24, 2.45) is 34.5 Å². The van der Waals surface area contributed by atoms with Crippen molar-refractivity contribution >= 4 is 84.1 Å². The van der Waals surface area contributed by atoms with Gasteiger partial charge in [-0.15, -0.1) is 0 Å². The third kappa shape index (κ3) is 21.1. The molecule has 0 saturated heterocycles. The maximum atomic E-state index is 14.2. The number of pyridine rings is 2. The van der Waals surface area contributed by atoms with Gasteiger partial charge >= 0.3 is 11.9 Å². The van der Waals surface area contributed by atoms with Crippen LogP contribution in [0.1, 0.15) is 205 Å². The van der Waals surface area contributed by atoms with E-state index in [9.17, 15) is 19.2 Å². The van der Waals surface area contributed by atoms with E-state index in [0.29, 0.717) is 35.7 Å². The molecular weight excluding hydrogens is 1360 g/mol. The monoisotopic (exact) mass is 1480 g/mol. The Morgan fingerprint density at radius 1 is 0.413 bits per heavy atom. The summed E-state index contributed by atoms with van der Waals surface area (Å²) in [6, 6.07) is 62.4. The van der Waals surface area contributed by atoms with E-state index in [1.807, 2.05) is 0 Å². The smallest absolute Gasteiger partial charge is 0.339 e. The molecule has 2 heterocycles. The Balaban J connectivity index is 0.000000291. The van der Waals surface area contributed by atoms with Crippen molar-refractivity contribution in [2.45, 2.75) is 197 Å². The van der Waals surface area contributed by atoms with Crippen molar-refractivity contribution in [3.05, 3.63) is 249 Å². The number of Topliss-reactive ketones (excluding diaryl/α,β-unsaturated/α-hetero) is 2. The van der Waals surface area contributed by atoms with Crippen molar-refractivity contribution in [3.8, 4) is 0 Å². The molecule has 8 aromatic rings. The average molecular weight is 1480 g/mol. The van der Waals surface area contributed by atoms with Gasteiger partial charge < -0.3 is 18.3 Å². The summed E-state index contributed by atoms with van der Waals surface area (Å²) in [5.41, 5.74) is 5.37. The predicted molar refractivity (Wildman–Crippen MR) is 435 cm³/mol. The number of esters is 2. The number of nitrogens with zero attached hydrogens (tertiary/aromatic N) is 2. The van der Waals surface area contributed by atoms with Gasteiger partial charge in [-0.25, -0.2) is 9.59 Å². The van der Waals surface area contributed by atoms with Crippen molar-refractivity contribution in [1.29, 1.82) is 0 Å². The summed E-state index contributed by atoms with van der Waals surface area (Å²) in [4.78, 5) is 61.2. The van der Waals surface area contributed by atoms with Crippen LogP contribution >= 0.6 is 23.2 Å². The van der Waals surface area contributed by atoms with Crippen LogP contribution in [-0.2, 0) is 64.4 Å². The second kappa shape index (κ2) is 36.0. The predicted octanol–water partition coefficient (Wildman–Crippen LogP) is 19.6. The standard InChI is InChI=1S/2C45H58ClNO4Si/c2*1-32(2)40(31-51-52(44(6,7)8,38-17-13-11-14-18-38)39-19-15-12-16-20-39)45(9,35-23-21-33(41(46)27-35)25-26-43(3,4)5)29-37(48)28-36-24-22-34(30-47-36)42(49)50-10/h2*11-24,27,30,32,40H,25-26,28-29,31H2,1-10H3/t2*40?,45-/m00/s1. The molecule has 10 nitrogen and oxygen atoms in total. The number of rotatable bonds is 30. The topological polar surface area (TPSA) is 131 Å². The van der Waals surface area contributed by atoms with Gasteiger partial charge in [0, 0.05) is 83.6 Å². The van der Waals surface area contributed by atoms with Crippen LogP contribution in [0.5, 0.6) is 0 Å². The van der Waals surface area contributed by atoms with Gasteiger partial charge in [0.1, 0.15) is 11.6 Å². The Hall–Kier alpha value is -7.17. The first-order chi connectivity index (χ1) is 48.8. The molecule has 0 spiro atoms. The van der Waals surface area contributed by atoms with Crippen molar-refractivity contribution in [2.75, 3.05) is 27.4 Å². The summed E-state index contributed by atoms with van der Waals surface area (Å²) in [5, 5.41) is 5.98. The number of benzene rings is 6. The lowest BCUT2D eigenvalue weighted by molar-refractivity contribution is -0.121. The molecule has 0 aliphatic rings. The maximum Gasteiger partial charge on any atom is 0.339 e. The zero-order valence-electron chi connectivity index (χ0n) is 65.8. The van der Waals surface area contributed by atoms with Crippen molar-refractivity contribution in [3.63, 3.8) is 0 Å². The van der Waals surface area contributed by atoms with E-state index in [-0.39, 0.29) is 81.8 Å². The molecule has 0 amide bonds. The van der Waals surface area contributed by atoms with E-state index < -0.39 is 39.4 Å². The first-order valence-electron chi connectivity index (χ1n) is 37.0. The number of hydrogen-bond acceptors (Lipinski definition) is 10. The molecule has 556 valence electrons. The minimum Gasteiger partial charge on any atom is -0.465 e. The molecule has 0 aliphatic carbocycles. The third-order valence-corrected chi connectivity index (χ3v) is 31.8. The highest BCUT2D eigenvalue weighted by Gasteiger charge is 2.54. The largest absolute Gasteiger partial charge is 0.465 e. The molecule has 0 saturated carbocycles. The zero-order valence-corrected chi connectivity index (χ0v) is 69.3. The molecule has 0 fully saturated rings. The van der Waals surface area contributed by atoms with Crippen LogP contribution in [0, 0.1) is 34.5 Å². The highest BCUT2D eigenvalue weighted by molar-refractivity contribution is 7.00. The maximum absolute atomic E-state index is 14.2. The Kier molecular flexibility index (Phi) is 29.1. The van der Waals surface area contributed by atoms with Crippen molar-refractivity contribution < 1.29 is 37.5 Å². The zero-order chi connectivity index (χ0) is 76.6. The van der Waals surface area contributed by atoms with Crippen LogP contribution in [0.2, 0.25) is 20.1 Å². The lowest BCUT2D eigenvalue weighted by atomic mass is 9.64.